The molecule has 0 spiro atoms. The summed E-state index contributed by atoms with van der Waals surface area (Å²) in [5.41, 5.74) is 1.02. The maximum atomic E-state index is 4.52. The van der Waals surface area contributed by atoms with E-state index in [4.69, 9.17) is 0 Å². The molecule has 2 atom stereocenters. The van der Waals surface area contributed by atoms with Crippen LogP contribution in [0.1, 0.15) is 25.0 Å². The smallest absolute Gasteiger partial charge is 0.159 e. The van der Waals surface area contributed by atoms with Gasteiger partial charge in [-0.1, -0.05) is 24.3 Å². The number of piperidine rings is 2. The van der Waals surface area contributed by atoms with Crippen molar-refractivity contribution in [3.8, 4) is 0 Å². The molecule has 1 aromatic heterocycles. The molecule has 4 nitrogen and oxygen atoms in total. The highest BCUT2D eigenvalue weighted by atomic mass is 15.3. The highest BCUT2D eigenvalue weighted by Crippen LogP contribution is 2.31. The molecule has 21 heavy (non-hydrogen) atoms. The van der Waals surface area contributed by atoms with Crippen molar-refractivity contribution in [2.24, 2.45) is 5.92 Å². The SMILES string of the molecule is Cc1nnc(N2CCC3NCCCC3C2)c2ccccc12. The van der Waals surface area contributed by atoms with E-state index in [2.05, 4.69) is 44.7 Å². The molecule has 2 fully saturated rings. The van der Waals surface area contributed by atoms with Gasteiger partial charge in [0.1, 0.15) is 0 Å². The standard InChI is InChI=1S/C17H22N4/c1-12-14-6-2-3-7-15(14)17(20-19-12)21-10-8-16-13(11-21)5-4-9-18-16/h2-3,6-7,13,16,18H,4-5,8-11H2,1H3. The lowest BCUT2D eigenvalue weighted by atomic mass is 9.85. The molecular weight excluding hydrogens is 260 g/mol. The van der Waals surface area contributed by atoms with Crippen molar-refractivity contribution in [3.63, 3.8) is 0 Å². The Hall–Kier alpha value is -1.68. The Bertz CT molecular complexity index is 654. The van der Waals surface area contributed by atoms with Crippen LogP contribution in [0.5, 0.6) is 0 Å². The molecule has 0 aliphatic carbocycles. The molecule has 2 saturated heterocycles. The summed E-state index contributed by atoms with van der Waals surface area (Å²) >= 11 is 0. The minimum atomic E-state index is 0.708. The Morgan fingerprint density at radius 1 is 1.14 bits per heavy atom. The topological polar surface area (TPSA) is 41.1 Å². The van der Waals surface area contributed by atoms with Gasteiger partial charge in [-0.3, -0.25) is 0 Å². The Kier molecular flexibility index (Phi) is 3.26. The van der Waals surface area contributed by atoms with Gasteiger partial charge in [-0.2, -0.15) is 5.10 Å². The van der Waals surface area contributed by atoms with Crippen LogP contribution in [0.25, 0.3) is 10.8 Å². The molecule has 2 aromatic rings. The maximum Gasteiger partial charge on any atom is 0.159 e. The molecular formula is C17H22N4. The molecule has 2 aliphatic heterocycles. The number of hydrogen-bond donors (Lipinski definition) is 1. The lowest BCUT2D eigenvalue weighted by Crippen LogP contribution is -2.52. The van der Waals surface area contributed by atoms with Crippen LogP contribution in [0.3, 0.4) is 0 Å². The van der Waals surface area contributed by atoms with Crippen molar-refractivity contribution >= 4 is 16.6 Å². The molecule has 0 radical (unpaired) electrons. The summed E-state index contributed by atoms with van der Waals surface area (Å²) in [5, 5.41) is 15.1. The van der Waals surface area contributed by atoms with Gasteiger partial charge in [0.15, 0.2) is 5.82 Å². The van der Waals surface area contributed by atoms with Crippen molar-refractivity contribution in [1.29, 1.82) is 0 Å². The van der Waals surface area contributed by atoms with Gasteiger partial charge in [0, 0.05) is 29.9 Å². The van der Waals surface area contributed by atoms with Crippen molar-refractivity contribution in [1.82, 2.24) is 15.5 Å². The summed E-state index contributed by atoms with van der Waals surface area (Å²) < 4.78 is 0. The third-order valence-corrected chi connectivity index (χ3v) is 5.04. The number of nitrogens with zero attached hydrogens (tertiary/aromatic N) is 3. The van der Waals surface area contributed by atoms with Crippen molar-refractivity contribution < 1.29 is 0 Å². The summed E-state index contributed by atoms with van der Waals surface area (Å²) in [4.78, 5) is 2.45. The molecule has 0 bridgehead atoms. The predicted molar refractivity (Wildman–Crippen MR) is 85.6 cm³/mol. The second-order valence-electron chi connectivity index (χ2n) is 6.35. The Morgan fingerprint density at radius 3 is 2.90 bits per heavy atom. The van der Waals surface area contributed by atoms with Crippen LogP contribution in [0.15, 0.2) is 24.3 Å². The minimum absolute atomic E-state index is 0.708. The summed E-state index contributed by atoms with van der Waals surface area (Å²) in [7, 11) is 0. The number of hydrogen-bond acceptors (Lipinski definition) is 4. The molecule has 0 amide bonds. The van der Waals surface area contributed by atoms with E-state index in [0.29, 0.717) is 6.04 Å². The Morgan fingerprint density at radius 2 is 2.00 bits per heavy atom. The maximum absolute atomic E-state index is 4.52. The fourth-order valence-electron chi connectivity index (χ4n) is 3.89. The number of anilines is 1. The van der Waals surface area contributed by atoms with Crippen LogP contribution in [0.4, 0.5) is 5.82 Å². The average molecular weight is 282 g/mol. The monoisotopic (exact) mass is 282 g/mol. The Balaban J connectivity index is 1.69. The number of aryl methyl sites for hydroxylation is 1. The zero-order valence-electron chi connectivity index (χ0n) is 12.5. The van der Waals surface area contributed by atoms with Crippen LogP contribution in [-0.2, 0) is 0 Å². The van der Waals surface area contributed by atoms with Crippen LogP contribution in [0.2, 0.25) is 0 Å². The van der Waals surface area contributed by atoms with Crippen molar-refractivity contribution in [2.45, 2.75) is 32.2 Å². The van der Waals surface area contributed by atoms with Gasteiger partial charge in [-0.05, 0) is 38.6 Å². The normalized spacial score (nSPS) is 25.9. The van der Waals surface area contributed by atoms with Gasteiger partial charge in [-0.25, -0.2) is 0 Å². The van der Waals surface area contributed by atoms with E-state index in [1.807, 2.05) is 6.92 Å². The molecule has 2 aliphatic rings. The fourth-order valence-corrected chi connectivity index (χ4v) is 3.89. The van der Waals surface area contributed by atoms with E-state index in [9.17, 15) is 0 Å². The molecule has 1 aromatic carbocycles. The first-order chi connectivity index (χ1) is 10.3. The zero-order chi connectivity index (χ0) is 14.2. The number of rotatable bonds is 1. The summed E-state index contributed by atoms with van der Waals surface area (Å²) in [5.74, 6) is 1.83. The molecule has 3 heterocycles. The largest absolute Gasteiger partial charge is 0.354 e. The first-order valence-electron chi connectivity index (χ1n) is 8.03. The van der Waals surface area contributed by atoms with Crippen LogP contribution < -0.4 is 10.2 Å². The lowest BCUT2D eigenvalue weighted by Gasteiger charge is -2.42. The first kappa shape index (κ1) is 13.0. The molecule has 2 unspecified atom stereocenters. The quantitative estimate of drug-likeness (QED) is 0.872. The molecule has 4 rings (SSSR count). The number of benzene rings is 1. The van der Waals surface area contributed by atoms with Crippen molar-refractivity contribution in [2.75, 3.05) is 24.5 Å². The van der Waals surface area contributed by atoms with E-state index in [0.717, 1.165) is 30.5 Å². The van der Waals surface area contributed by atoms with Crippen LogP contribution >= 0.6 is 0 Å². The van der Waals surface area contributed by atoms with Crippen molar-refractivity contribution in [3.05, 3.63) is 30.0 Å². The number of aromatic nitrogens is 2. The minimum Gasteiger partial charge on any atom is -0.354 e. The summed E-state index contributed by atoms with van der Waals surface area (Å²) in [6.45, 7) is 5.42. The second kappa shape index (κ2) is 5.26. The number of fused-ring (bicyclic) bond motifs is 2. The van der Waals surface area contributed by atoms with Gasteiger partial charge in [0.2, 0.25) is 0 Å². The third kappa shape index (κ3) is 2.27. The molecule has 4 heteroatoms. The summed E-state index contributed by atoms with van der Waals surface area (Å²) in [6.07, 6.45) is 3.86. The van der Waals surface area contributed by atoms with Gasteiger partial charge in [-0.15, -0.1) is 5.10 Å². The molecule has 0 saturated carbocycles. The summed E-state index contributed by atoms with van der Waals surface area (Å²) in [6, 6.07) is 9.22. The highest BCUT2D eigenvalue weighted by Gasteiger charge is 2.32. The predicted octanol–water partition coefficient (Wildman–Crippen LogP) is 2.52. The van der Waals surface area contributed by atoms with E-state index in [-0.39, 0.29) is 0 Å². The van der Waals surface area contributed by atoms with E-state index in [1.165, 1.54) is 36.6 Å². The van der Waals surface area contributed by atoms with Gasteiger partial charge in [0.25, 0.3) is 0 Å². The second-order valence-corrected chi connectivity index (χ2v) is 6.35. The average Bonchev–Trinajstić information content (AvgIpc) is 2.55. The molecule has 110 valence electrons. The highest BCUT2D eigenvalue weighted by molar-refractivity contribution is 5.93. The first-order valence-corrected chi connectivity index (χ1v) is 8.03. The van der Waals surface area contributed by atoms with Crippen LogP contribution in [-0.4, -0.2) is 35.9 Å². The third-order valence-electron chi connectivity index (χ3n) is 5.04. The fraction of sp³-hybridized carbons (Fsp3) is 0.529. The van der Waals surface area contributed by atoms with Gasteiger partial charge >= 0.3 is 0 Å². The van der Waals surface area contributed by atoms with E-state index < -0.39 is 0 Å². The number of nitrogens with one attached hydrogen (secondary N) is 1. The Labute approximate surface area is 125 Å². The van der Waals surface area contributed by atoms with Gasteiger partial charge < -0.3 is 10.2 Å². The van der Waals surface area contributed by atoms with Gasteiger partial charge in [0.05, 0.1) is 5.69 Å². The van der Waals surface area contributed by atoms with E-state index in [1.54, 1.807) is 0 Å². The van der Waals surface area contributed by atoms with E-state index >= 15 is 0 Å². The molecule has 1 N–H and O–H groups in total. The lowest BCUT2D eigenvalue weighted by molar-refractivity contribution is 0.244. The van der Waals surface area contributed by atoms with Crippen LogP contribution in [0, 0.1) is 12.8 Å². The zero-order valence-corrected chi connectivity index (χ0v) is 12.5.